The molecule has 31 heavy (non-hydrogen) atoms. The van der Waals surface area contributed by atoms with Gasteiger partial charge in [-0.15, -0.1) is 10.2 Å². The van der Waals surface area contributed by atoms with Gasteiger partial charge in [0.05, 0.1) is 0 Å². The van der Waals surface area contributed by atoms with Crippen LogP contribution in [0.4, 0.5) is 4.79 Å². The molecule has 1 heterocycles. The second-order valence-electron chi connectivity index (χ2n) is 6.06. The van der Waals surface area contributed by atoms with Gasteiger partial charge in [0.1, 0.15) is 0 Å². The zero-order valence-corrected chi connectivity index (χ0v) is 21.1. The highest BCUT2D eigenvalue weighted by Crippen LogP contribution is 2.37. The van der Waals surface area contributed by atoms with E-state index in [4.69, 9.17) is 52.5 Å². The molecule has 0 radical (unpaired) electrons. The van der Waals surface area contributed by atoms with Gasteiger partial charge in [-0.05, 0) is 42.0 Å². The number of thioether (sulfide) groups is 1. The van der Waals surface area contributed by atoms with E-state index in [1.165, 1.54) is 0 Å². The van der Waals surface area contributed by atoms with Gasteiger partial charge in [-0.3, -0.25) is 4.79 Å². The third kappa shape index (κ3) is 8.39. The summed E-state index contributed by atoms with van der Waals surface area (Å²) in [7, 11) is 2.09. The lowest BCUT2D eigenvalue weighted by molar-refractivity contribution is 0.123. The lowest BCUT2D eigenvalue weighted by Gasteiger charge is -2.24. The third-order valence-corrected chi connectivity index (χ3v) is 8.21. The van der Waals surface area contributed by atoms with Crippen LogP contribution in [0.1, 0.15) is 23.8 Å². The molecule has 0 aliphatic rings. The highest BCUT2D eigenvalue weighted by atomic mass is 35.6. The highest BCUT2D eigenvalue weighted by molar-refractivity contribution is 8.13. The van der Waals surface area contributed by atoms with E-state index in [9.17, 15) is 4.79 Å². The van der Waals surface area contributed by atoms with Gasteiger partial charge < -0.3 is 23.0 Å². The van der Waals surface area contributed by atoms with Crippen molar-refractivity contribution < 1.29 is 22.5 Å². The van der Waals surface area contributed by atoms with Gasteiger partial charge >= 0.3 is 8.80 Å². The fourth-order valence-corrected chi connectivity index (χ4v) is 5.04. The maximum absolute atomic E-state index is 12.1. The topological polar surface area (TPSA) is 95.7 Å². The Hall–Kier alpha value is -1.11. The average Bonchev–Trinajstić information content (AvgIpc) is 3.24. The van der Waals surface area contributed by atoms with Crippen molar-refractivity contribution in [2.75, 3.05) is 27.9 Å². The van der Waals surface area contributed by atoms with E-state index < -0.39 is 12.6 Å². The molecule has 0 atom stereocenters. The van der Waals surface area contributed by atoms with Gasteiger partial charge in [-0.2, -0.15) is 0 Å². The van der Waals surface area contributed by atoms with Crippen LogP contribution in [0.25, 0.3) is 12.2 Å². The maximum Gasteiger partial charge on any atom is 0.500 e. The number of hydrogen-bond acceptors (Lipinski definition) is 8. The number of hydrogen-bond donors (Lipinski definition) is 1. The van der Waals surface area contributed by atoms with Gasteiger partial charge in [0.15, 0.2) is 0 Å². The van der Waals surface area contributed by atoms with Crippen molar-refractivity contribution in [2.45, 2.75) is 21.2 Å². The number of amides is 1. The second-order valence-corrected chi connectivity index (χ2v) is 12.5. The molecular formula is C18H22Cl3N3O5SSi. The van der Waals surface area contributed by atoms with Crippen molar-refractivity contribution >= 4 is 72.8 Å². The molecule has 1 aromatic carbocycles. The molecule has 8 nitrogen and oxygen atoms in total. The molecule has 2 rings (SSSR count). The van der Waals surface area contributed by atoms with Crippen LogP contribution < -0.4 is 5.32 Å². The van der Waals surface area contributed by atoms with Gasteiger partial charge in [-0.25, -0.2) is 0 Å². The normalized spacial score (nSPS) is 12.5. The summed E-state index contributed by atoms with van der Waals surface area (Å²) in [5.74, 6) is 0.108. The predicted molar refractivity (Wildman–Crippen MR) is 124 cm³/mol. The van der Waals surface area contributed by atoms with Crippen LogP contribution in [0.5, 0.6) is 0 Å². The summed E-state index contributed by atoms with van der Waals surface area (Å²) in [6.45, 7) is 0.498. The highest BCUT2D eigenvalue weighted by Gasteiger charge is 2.36. The molecular weight excluding hydrogens is 505 g/mol. The number of halogens is 3. The summed E-state index contributed by atoms with van der Waals surface area (Å²) < 4.78 is 19.6. The molecule has 1 amide bonds. The average molecular weight is 527 g/mol. The van der Waals surface area contributed by atoms with E-state index in [0.717, 1.165) is 22.2 Å². The monoisotopic (exact) mass is 525 g/mol. The van der Waals surface area contributed by atoms with E-state index in [2.05, 4.69) is 15.5 Å². The number of carbonyl (C=O) groups excluding carboxylic acids is 1. The number of carbonyl (C=O) groups is 1. The zero-order valence-electron chi connectivity index (χ0n) is 17.1. The maximum atomic E-state index is 12.1. The van der Waals surface area contributed by atoms with E-state index in [1.54, 1.807) is 33.5 Å². The first-order chi connectivity index (χ1) is 14.7. The minimum atomic E-state index is -2.61. The van der Waals surface area contributed by atoms with Crippen LogP contribution in [0.15, 0.2) is 33.6 Å². The van der Waals surface area contributed by atoms with Crippen LogP contribution in [-0.4, -0.2) is 52.1 Å². The first-order valence-electron chi connectivity index (χ1n) is 9.01. The predicted octanol–water partition coefficient (Wildman–Crippen LogP) is 5.14. The Bertz CT molecular complexity index is 865. The smallest absolute Gasteiger partial charge is 0.417 e. The van der Waals surface area contributed by atoms with Crippen molar-refractivity contribution in [3.8, 4) is 0 Å². The Morgan fingerprint density at radius 3 is 2.32 bits per heavy atom. The fourth-order valence-electron chi connectivity index (χ4n) is 2.43. The van der Waals surface area contributed by atoms with Gasteiger partial charge in [-0.1, -0.05) is 46.9 Å². The summed E-state index contributed by atoms with van der Waals surface area (Å²) in [6.07, 6.45) is 4.06. The number of rotatable bonds is 10. The van der Waals surface area contributed by atoms with Crippen molar-refractivity contribution in [2.24, 2.45) is 0 Å². The van der Waals surface area contributed by atoms with E-state index in [1.807, 2.05) is 24.3 Å². The molecule has 13 heteroatoms. The standard InChI is InChI=1S/C18H22Cl3N3O5SSi/c1-26-31(27-2,28-3)12-4-11-22-17(25)30-14-8-5-13(6-9-14)7-10-15-23-24-16(29-15)18(19,20)21/h5-10H,4,11-12H2,1-3H3,(H,22,25). The first kappa shape index (κ1) is 26.1. The first-order valence-corrected chi connectivity index (χ1v) is 12.9. The molecule has 1 aromatic heterocycles. The molecule has 0 fully saturated rings. The minimum Gasteiger partial charge on any atom is -0.417 e. The number of nitrogens with one attached hydrogen (secondary N) is 1. The lowest BCUT2D eigenvalue weighted by Crippen LogP contribution is -2.43. The minimum absolute atomic E-state index is 0.102. The molecule has 0 spiro atoms. The van der Waals surface area contributed by atoms with Crippen LogP contribution in [-0.2, 0) is 17.1 Å². The Kier molecular flexibility index (Phi) is 10.3. The molecule has 1 N–H and O–H groups in total. The number of nitrogens with zero attached hydrogens (tertiary/aromatic N) is 2. The Morgan fingerprint density at radius 1 is 1.13 bits per heavy atom. The van der Waals surface area contributed by atoms with Crippen molar-refractivity contribution in [1.82, 2.24) is 15.5 Å². The summed E-state index contributed by atoms with van der Waals surface area (Å²) in [4.78, 5) is 12.9. The molecule has 0 saturated heterocycles. The zero-order chi connectivity index (χ0) is 22.9. The summed E-state index contributed by atoms with van der Waals surface area (Å²) in [5.41, 5.74) is 0.874. The molecule has 0 aliphatic carbocycles. The lowest BCUT2D eigenvalue weighted by atomic mass is 10.2. The van der Waals surface area contributed by atoms with Crippen LogP contribution in [0.3, 0.4) is 0 Å². The van der Waals surface area contributed by atoms with Gasteiger partial charge in [0, 0.05) is 44.9 Å². The molecule has 170 valence electrons. The molecule has 0 unspecified atom stereocenters. The summed E-state index contributed by atoms with van der Waals surface area (Å²) in [5, 5.41) is 10.2. The molecule has 0 bridgehead atoms. The summed E-state index contributed by atoms with van der Waals surface area (Å²) in [6, 6.07) is 8.00. The number of benzene rings is 1. The van der Waals surface area contributed by atoms with Crippen molar-refractivity contribution in [1.29, 1.82) is 0 Å². The molecule has 2 aromatic rings. The number of alkyl halides is 3. The SMILES string of the molecule is CO[Si](CCCNC(=O)Sc1ccc(C=Cc2nnc(C(Cl)(Cl)Cl)o2)cc1)(OC)OC. The summed E-state index contributed by atoms with van der Waals surface area (Å²) >= 11 is 18.2. The molecule has 0 aliphatic heterocycles. The van der Waals surface area contributed by atoms with Crippen molar-refractivity contribution in [3.05, 3.63) is 41.6 Å². The fraction of sp³-hybridized carbons (Fsp3) is 0.389. The van der Waals surface area contributed by atoms with Crippen molar-refractivity contribution in [3.63, 3.8) is 0 Å². The Balaban J connectivity index is 1.80. The molecule has 0 saturated carbocycles. The number of aromatic nitrogens is 2. The third-order valence-electron chi connectivity index (χ3n) is 4.05. The van der Waals surface area contributed by atoms with E-state index >= 15 is 0 Å². The van der Waals surface area contributed by atoms with Crippen LogP contribution >= 0.6 is 46.6 Å². The quantitative estimate of drug-likeness (QED) is 0.197. The van der Waals surface area contributed by atoms with Gasteiger partial charge in [0.2, 0.25) is 5.89 Å². The second kappa shape index (κ2) is 12.2. The van der Waals surface area contributed by atoms with E-state index in [0.29, 0.717) is 19.0 Å². The largest absolute Gasteiger partial charge is 0.500 e. The Labute approximate surface area is 200 Å². The van der Waals surface area contributed by atoms with Gasteiger partial charge in [0.25, 0.3) is 14.9 Å². The van der Waals surface area contributed by atoms with E-state index in [-0.39, 0.29) is 17.0 Å². The Morgan fingerprint density at radius 2 is 1.77 bits per heavy atom. The van der Waals surface area contributed by atoms with Crippen LogP contribution in [0, 0.1) is 0 Å². The van der Waals surface area contributed by atoms with Crippen LogP contribution in [0.2, 0.25) is 6.04 Å².